The first-order valence-electron chi connectivity index (χ1n) is 6.39. The molecule has 4 heteroatoms. The summed E-state index contributed by atoms with van der Waals surface area (Å²) in [4.78, 5) is 15.2. The molecule has 0 saturated carbocycles. The van der Waals surface area contributed by atoms with Crippen LogP contribution in [-0.4, -0.2) is 4.98 Å². The highest BCUT2D eigenvalue weighted by Gasteiger charge is 2.02. The summed E-state index contributed by atoms with van der Waals surface area (Å²) in [5.41, 5.74) is 2.32. The quantitative estimate of drug-likeness (QED) is 0.708. The fourth-order valence-corrected chi connectivity index (χ4v) is 2.51. The van der Waals surface area contributed by atoms with Gasteiger partial charge in [0.05, 0.1) is 10.0 Å². The van der Waals surface area contributed by atoms with E-state index in [0.717, 1.165) is 16.8 Å². The maximum Gasteiger partial charge on any atom is 0.189 e. The maximum absolute atomic E-state index is 12.0. The molecule has 104 valence electrons. The topological polar surface area (TPSA) is 32.9 Å². The van der Waals surface area contributed by atoms with E-state index in [0.29, 0.717) is 15.4 Å². The van der Waals surface area contributed by atoms with Crippen molar-refractivity contribution in [3.05, 3.63) is 80.1 Å². The smallest absolute Gasteiger partial charge is 0.189 e. The van der Waals surface area contributed by atoms with E-state index in [4.69, 9.17) is 23.2 Å². The molecule has 0 aliphatic carbocycles. The first-order valence-corrected chi connectivity index (χ1v) is 7.15. The molecule has 2 aromatic carbocycles. The summed E-state index contributed by atoms with van der Waals surface area (Å²) in [6.07, 6.45) is 3.64. The summed E-state index contributed by atoms with van der Waals surface area (Å²) in [5, 5.41) is 1.68. The fourth-order valence-electron chi connectivity index (χ4n) is 2.14. The molecule has 0 fully saturated rings. The third-order valence-electron chi connectivity index (χ3n) is 3.18. The van der Waals surface area contributed by atoms with Gasteiger partial charge >= 0.3 is 0 Å². The van der Waals surface area contributed by atoms with Crippen molar-refractivity contribution in [1.82, 2.24) is 4.98 Å². The molecule has 0 saturated heterocycles. The van der Waals surface area contributed by atoms with Gasteiger partial charge in [-0.25, -0.2) is 0 Å². The van der Waals surface area contributed by atoms with Gasteiger partial charge in [0.25, 0.3) is 0 Å². The van der Waals surface area contributed by atoms with Crippen LogP contribution in [0.4, 0.5) is 0 Å². The first kappa shape index (κ1) is 13.9. The number of aromatic amines is 1. The molecule has 0 amide bonds. The molecule has 0 aliphatic heterocycles. The van der Waals surface area contributed by atoms with Gasteiger partial charge in [0.1, 0.15) is 0 Å². The molecule has 3 aromatic rings. The number of nitrogens with one attached hydrogen (secondary N) is 1. The number of hydrogen-bond acceptors (Lipinski definition) is 1. The number of fused-ring (bicyclic) bond motifs is 1. The summed E-state index contributed by atoms with van der Waals surface area (Å²) in [5.74, 6) is 0. The Bertz CT molecular complexity index is 897. The average Bonchev–Trinajstić information content (AvgIpc) is 2.49. The van der Waals surface area contributed by atoms with Gasteiger partial charge in [-0.05, 0) is 29.8 Å². The van der Waals surface area contributed by atoms with E-state index in [1.54, 1.807) is 18.2 Å². The summed E-state index contributed by atoms with van der Waals surface area (Å²) in [7, 11) is 0. The van der Waals surface area contributed by atoms with E-state index >= 15 is 0 Å². The van der Waals surface area contributed by atoms with Crippen molar-refractivity contribution in [1.29, 1.82) is 0 Å². The predicted octanol–water partition coefficient (Wildman–Crippen LogP) is 5.01. The summed E-state index contributed by atoms with van der Waals surface area (Å²) in [6.45, 7) is 0. The Kier molecular flexibility index (Phi) is 3.82. The largest absolute Gasteiger partial charge is 0.355 e. The minimum atomic E-state index is -0.0128. The minimum absolute atomic E-state index is 0.0128. The van der Waals surface area contributed by atoms with E-state index in [9.17, 15) is 4.79 Å². The van der Waals surface area contributed by atoms with Crippen molar-refractivity contribution in [2.75, 3.05) is 0 Å². The monoisotopic (exact) mass is 315 g/mol. The van der Waals surface area contributed by atoms with Crippen LogP contribution in [0.25, 0.3) is 23.1 Å². The van der Waals surface area contributed by atoms with Crippen molar-refractivity contribution in [2.24, 2.45) is 0 Å². The number of aromatic nitrogens is 1. The lowest BCUT2D eigenvalue weighted by molar-refractivity contribution is 1.35. The van der Waals surface area contributed by atoms with E-state index in [1.807, 2.05) is 42.5 Å². The molecule has 0 atom stereocenters. The predicted molar refractivity (Wildman–Crippen MR) is 90.0 cm³/mol. The number of benzene rings is 2. The third kappa shape index (κ3) is 2.87. The number of halogens is 2. The molecule has 0 aliphatic rings. The highest BCUT2D eigenvalue weighted by Crippen LogP contribution is 2.26. The van der Waals surface area contributed by atoms with E-state index in [-0.39, 0.29) is 5.43 Å². The first-order chi connectivity index (χ1) is 10.1. The number of para-hydroxylation sites is 1. The van der Waals surface area contributed by atoms with Crippen molar-refractivity contribution in [2.45, 2.75) is 0 Å². The average molecular weight is 316 g/mol. The molecule has 3 rings (SSSR count). The fraction of sp³-hybridized carbons (Fsp3) is 0. The zero-order chi connectivity index (χ0) is 14.8. The lowest BCUT2D eigenvalue weighted by atomic mass is 10.1. The Morgan fingerprint density at radius 2 is 1.76 bits per heavy atom. The van der Waals surface area contributed by atoms with Gasteiger partial charge in [0.2, 0.25) is 0 Å². The highest BCUT2D eigenvalue weighted by molar-refractivity contribution is 6.42. The van der Waals surface area contributed by atoms with Gasteiger partial charge in [-0.2, -0.15) is 0 Å². The molecular weight excluding hydrogens is 305 g/mol. The van der Waals surface area contributed by atoms with Gasteiger partial charge in [-0.3, -0.25) is 4.79 Å². The lowest BCUT2D eigenvalue weighted by Gasteiger charge is -2.02. The van der Waals surface area contributed by atoms with Crippen LogP contribution in [0.15, 0.2) is 53.3 Å². The summed E-state index contributed by atoms with van der Waals surface area (Å²) < 4.78 is 0. The molecule has 0 unspecified atom stereocenters. The lowest BCUT2D eigenvalue weighted by Crippen LogP contribution is -2.02. The van der Waals surface area contributed by atoms with Gasteiger partial charge in [0, 0.05) is 22.7 Å². The van der Waals surface area contributed by atoms with Crippen LogP contribution in [0.1, 0.15) is 11.3 Å². The molecule has 0 radical (unpaired) electrons. The van der Waals surface area contributed by atoms with Crippen LogP contribution in [-0.2, 0) is 0 Å². The standard InChI is InChI=1S/C17H11Cl2NO/c18-14-6-3-4-11(17(14)19)8-9-12-10-16(21)13-5-1-2-7-15(13)20-12/h1-10H,(H,20,21)/b9-8+. The van der Waals surface area contributed by atoms with Crippen LogP contribution < -0.4 is 5.43 Å². The molecule has 0 spiro atoms. The van der Waals surface area contributed by atoms with Gasteiger partial charge in [0.15, 0.2) is 5.43 Å². The second-order valence-corrected chi connectivity index (χ2v) is 5.40. The van der Waals surface area contributed by atoms with Crippen LogP contribution in [0.3, 0.4) is 0 Å². The zero-order valence-electron chi connectivity index (χ0n) is 10.9. The van der Waals surface area contributed by atoms with Crippen molar-refractivity contribution < 1.29 is 0 Å². The van der Waals surface area contributed by atoms with Gasteiger partial charge in [-0.1, -0.05) is 53.5 Å². The number of H-pyrrole nitrogens is 1. The minimum Gasteiger partial charge on any atom is -0.355 e. The zero-order valence-corrected chi connectivity index (χ0v) is 12.4. The van der Waals surface area contributed by atoms with E-state index in [1.165, 1.54) is 0 Å². The maximum atomic E-state index is 12.0. The molecular formula is C17H11Cl2NO. The van der Waals surface area contributed by atoms with Crippen LogP contribution >= 0.6 is 23.2 Å². The second kappa shape index (κ2) is 5.76. The van der Waals surface area contributed by atoms with Gasteiger partial charge < -0.3 is 4.98 Å². The SMILES string of the molecule is O=c1cc(/C=C/c2cccc(Cl)c2Cl)[nH]c2ccccc12. The highest BCUT2D eigenvalue weighted by atomic mass is 35.5. The van der Waals surface area contributed by atoms with Crippen LogP contribution in [0.5, 0.6) is 0 Å². The Balaban J connectivity index is 2.04. The van der Waals surface area contributed by atoms with E-state index in [2.05, 4.69) is 4.98 Å². The van der Waals surface area contributed by atoms with Crippen LogP contribution in [0.2, 0.25) is 10.0 Å². The third-order valence-corrected chi connectivity index (χ3v) is 4.02. The van der Waals surface area contributed by atoms with Gasteiger partial charge in [-0.15, -0.1) is 0 Å². The number of pyridine rings is 1. The normalized spacial score (nSPS) is 11.3. The summed E-state index contributed by atoms with van der Waals surface area (Å²) in [6, 6.07) is 14.4. The Morgan fingerprint density at radius 3 is 2.62 bits per heavy atom. The van der Waals surface area contributed by atoms with E-state index < -0.39 is 0 Å². The molecule has 0 bridgehead atoms. The second-order valence-electron chi connectivity index (χ2n) is 4.61. The Morgan fingerprint density at radius 1 is 0.952 bits per heavy atom. The summed E-state index contributed by atoms with van der Waals surface area (Å²) >= 11 is 12.1. The van der Waals surface area contributed by atoms with Crippen molar-refractivity contribution in [3.8, 4) is 0 Å². The Hall–Kier alpha value is -2.03. The van der Waals surface area contributed by atoms with Crippen LogP contribution in [0, 0.1) is 0 Å². The molecule has 1 heterocycles. The Labute approximate surface area is 131 Å². The molecule has 21 heavy (non-hydrogen) atoms. The van der Waals surface area contributed by atoms with Crippen molar-refractivity contribution in [3.63, 3.8) is 0 Å². The van der Waals surface area contributed by atoms with Crippen molar-refractivity contribution >= 4 is 46.3 Å². The molecule has 1 N–H and O–H groups in total. The molecule has 2 nitrogen and oxygen atoms in total. The molecule has 1 aromatic heterocycles. The number of hydrogen-bond donors (Lipinski definition) is 1. The number of rotatable bonds is 2.